The fourth-order valence-electron chi connectivity index (χ4n) is 3.64. The van der Waals surface area contributed by atoms with Crippen LogP contribution in [0.4, 0.5) is 0 Å². The molecule has 1 aliphatic carbocycles. The van der Waals surface area contributed by atoms with Crippen LogP contribution in [0.3, 0.4) is 0 Å². The van der Waals surface area contributed by atoms with Gasteiger partial charge in [0.2, 0.25) is 0 Å². The Bertz CT molecular complexity index is 1070. The molecule has 0 bridgehead atoms. The van der Waals surface area contributed by atoms with Crippen LogP contribution < -0.4 is 5.56 Å². The largest absolute Gasteiger partial charge is 0.458 e. The molecule has 0 aliphatic heterocycles. The summed E-state index contributed by atoms with van der Waals surface area (Å²) in [6.45, 7) is 2.20. The molecule has 2 aromatic heterocycles. The van der Waals surface area contributed by atoms with E-state index in [4.69, 9.17) is 16.3 Å². The molecule has 7 heteroatoms. The van der Waals surface area contributed by atoms with Gasteiger partial charge < -0.3 is 4.74 Å². The van der Waals surface area contributed by atoms with E-state index >= 15 is 0 Å². The van der Waals surface area contributed by atoms with Gasteiger partial charge in [0.05, 0.1) is 18.3 Å². The Balaban J connectivity index is 1.63. The number of aromatic nitrogens is 2. The predicted molar refractivity (Wildman–Crippen MR) is 111 cm³/mol. The molecule has 3 aromatic rings. The molecule has 1 aromatic carbocycles. The van der Waals surface area contributed by atoms with Gasteiger partial charge in [0, 0.05) is 5.02 Å². The molecule has 2 heterocycles. The number of hydrogen-bond donors (Lipinski definition) is 0. The van der Waals surface area contributed by atoms with Crippen molar-refractivity contribution < 1.29 is 9.53 Å². The first-order valence-corrected chi connectivity index (χ1v) is 10.7. The highest BCUT2D eigenvalue weighted by atomic mass is 35.5. The lowest BCUT2D eigenvalue weighted by Gasteiger charge is -2.21. The van der Waals surface area contributed by atoms with Crippen LogP contribution in [0.25, 0.3) is 10.2 Å². The van der Waals surface area contributed by atoms with Crippen molar-refractivity contribution in [3.63, 3.8) is 0 Å². The van der Waals surface area contributed by atoms with Crippen LogP contribution in [0.5, 0.6) is 0 Å². The second-order valence-electron chi connectivity index (χ2n) is 7.21. The second-order valence-corrected chi connectivity index (χ2v) is 8.64. The van der Waals surface area contributed by atoms with E-state index in [1.54, 1.807) is 23.6 Å². The number of benzene rings is 1. The molecule has 28 heavy (non-hydrogen) atoms. The summed E-state index contributed by atoms with van der Waals surface area (Å²) in [5, 5.41) is 1.15. The summed E-state index contributed by atoms with van der Waals surface area (Å²) in [4.78, 5) is 31.1. The van der Waals surface area contributed by atoms with Crippen LogP contribution >= 0.6 is 22.9 Å². The Labute approximate surface area is 171 Å². The van der Waals surface area contributed by atoms with Gasteiger partial charge >= 0.3 is 5.97 Å². The first-order valence-electron chi connectivity index (χ1n) is 9.47. The first kappa shape index (κ1) is 19.2. The van der Waals surface area contributed by atoms with Crippen LogP contribution in [-0.4, -0.2) is 21.6 Å². The quantitative estimate of drug-likeness (QED) is 0.564. The van der Waals surface area contributed by atoms with Crippen molar-refractivity contribution in [2.45, 2.75) is 51.7 Å². The van der Waals surface area contributed by atoms with Crippen molar-refractivity contribution in [3.8, 4) is 0 Å². The molecule has 0 spiro atoms. The van der Waals surface area contributed by atoms with Crippen LogP contribution in [0.1, 0.15) is 52.9 Å². The second kappa shape index (κ2) is 8.05. The molecule has 1 fully saturated rings. The Morgan fingerprint density at radius 1 is 1.25 bits per heavy atom. The lowest BCUT2D eigenvalue weighted by molar-refractivity contribution is 0.0216. The van der Waals surface area contributed by atoms with Crippen molar-refractivity contribution in [1.29, 1.82) is 0 Å². The van der Waals surface area contributed by atoms with Gasteiger partial charge in [-0.2, -0.15) is 0 Å². The minimum Gasteiger partial charge on any atom is -0.458 e. The summed E-state index contributed by atoms with van der Waals surface area (Å²) in [6.07, 6.45) is 6.75. The van der Waals surface area contributed by atoms with E-state index in [0.29, 0.717) is 32.2 Å². The van der Waals surface area contributed by atoms with Crippen molar-refractivity contribution >= 4 is 39.1 Å². The average Bonchev–Trinajstić information content (AvgIpc) is 3.04. The highest BCUT2D eigenvalue weighted by Gasteiger charge is 2.24. The number of carbonyl (C=O) groups is 1. The summed E-state index contributed by atoms with van der Waals surface area (Å²) in [5.41, 5.74) is 1.46. The standard InChI is InChI=1S/C21H21ClN2O3S/c1-13-17-19(28-18(13)21(26)27-16-5-3-2-4-6-16)23-12-24(20(17)25)11-14-7-9-15(22)10-8-14/h7-10,12,16H,2-6,11H2,1H3. The number of nitrogens with zero attached hydrogens (tertiary/aromatic N) is 2. The van der Waals surface area contributed by atoms with Crippen molar-refractivity contribution in [3.05, 3.63) is 62.0 Å². The summed E-state index contributed by atoms with van der Waals surface area (Å²) in [7, 11) is 0. The van der Waals surface area contributed by atoms with E-state index in [9.17, 15) is 9.59 Å². The van der Waals surface area contributed by atoms with Gasteiger partial charge in [-0.15, -0.1) is 11.3 Å². The van der Waals surface area contributed by atoms with Crippen molar-refractivity contribution in [1.82, 2.24) is 9.55 Å². The lowest BCUT2D eigenvalue weighted by Crippen LogP contribution is -2.22. The van der Waals surface area contributed by atoms with Gasteiger partial charge in [-0.3, -0.25) is 9.36 Å². The lowest BCUT2D eigenvalue weighted by atomic mass is 9.98. The number of hydrogen-bond acceptors (Lipinski definition) is 5. The molecule has 0 radical (unpaired) electrons. The Morgan fingerprint density at radius 3 is 2.68 bits per heavy atom. The Hall–Kier alpha value is -2.18. The van der Waals surface area contributed by atoms with Crippen LogP contribution in [-0.2, 0) is 11.3 Å². The van der Waals surface area contributed by atoms with E-state index < -0.39 is 0 Å². The van der Waals surface area contributed by atoms with E-state index in [1.807, 2.05) is 12.1 Å². The smallest absolute Gasteiger partial charge is 0.348 e. The maximum atomic E-state index is 13.0. The van der Waals surface area contributed by atoms with Crippen LogP contribution in [0.2, 0.25) is 5.02 Å². The minimum absolute atomic E-state index is 0.0135. The number of ether oxygens (including phenoxy) is 1. The number of thiophene rings is 1. The summed E-state index contributed by atoms with van der Waals surface area (Å²) < 4.78 is 7.24. The molecule has 0 atom stereocenters. The van der Waals surface area contributed by atoms with E-state index in [-0.39, 0.29) is 17.6 Å². The van der Waals surface area contributed by atoms with Gasteiger partial charge in [0.15, 0.2) is 0 Å². The zero-order valence-electron chi connectivity index (χ0n) is 15.6. The third kappa shape index (κ3) is 3.84. The maximum Gasteiger partial charge on any atom is 0.348 e. The van der Waals surface area contributed by atoms with Gasteiger partial charge in [0.25, 0.3) is 5.56 Å². The molecular weight excluding hydrogens is 396 g/mol. The maximum absolute atomic E-state index is 13.0. The molecule has 1 aliphatic rings. The number of fused-ring (bicyclic) bond motifs is 1. The molecule has 146 valence electrons. The molecule has 4 rings (SSSR count). The summed E-state index contributed by atoms with van der Waals surface area (Å²) in [5.74, 6) is -0.337. The fourth-order valence-corrected chi connectivity index (χ4v) is 4.79. The normalized spacial score (nSPS) is 15.1. The first-order chi connectivity index (χ1) is 13.5. The number of carbonyl (C=O) groups excluding carboxylic acids is 1. The SMILES string of the molecule is Cc1c(C(=O)OC2CCCCC2)sc2ncn(Cc3ccc(Cl)cc3)c(=O)c12. The van der Waals surface area contributed by atoms with Crippen molar-refractivity contribution in [2.24, 2.45) is 0 Å². The van der Waals surface area contributed by atoms with E-state index in [0.717, 1.165) is 31.2 Å². The molecule has 0 amide bonds. The third-order valence-corrected chi connectivity index (χ3v) is 6.63. The molecular formula is C21H21ClN2O3S. The Kier molecular flexibility index (Phi) is 5.51. The average molecular weight is 417 g/mol. The highest BCUT2D eigenvalue weighted by Crippen LogP contribution is 2.29. The minimum atomic E-state index is -0.337. The molecule has 0 N–H and O–H groups in total. The van der Waals surface area contributed by atoms with Gasteiger partial charge in [-0.25, -0.2) is 9.78 Å². The zero-order chi connectivity index (χ0) is 19.7. The number of rotatable bonds is 4. The number of halogens is 1. The fraction of sp³-hybridized carbons (Fsp3) is 0.381. The summed E-state index contributed by atoms with van der Waals surface area (Å²) >= 11 is 7.16. The zero-order valence-corrected chi connectivity index (χ0v) is 17.2. The number of aryl methyl sites for hydroxylation is 1. The van der Waals surface area contributed by atoms with E-state index in [2.05, 4.69) is 4.98 Å². The topological polar surface area (TPSA) is 61.2 Å². The van der Waals surface area contributed by atoms with E-state index in [1.165, 1.54) is 24.1 Å². The highest BCUT2D eigenvalue weighted by molar-refractivity contribution is 7.20. The van der Waals surface area contributed by atoms with Crippen LogP contribution in [0, 0.1) is 6.92 Å². The molecule has 0 saturated heterocycles. The monoisotopic (exact) mass is 416 g/mol. The van der Waals surface area contributed by atoms with Crippen LogP contribution in [0.15, 0.2) is 35.4 Å². The molecule has 5 nitrogen and oxygen atoms in total. The van der Waals surface area contributed by atoms with Gasteiger partial charge in [-0.05, 0) is 55.9 Å². The van der Waals surface area contributed by atoms with Gasteiger partial charge in [-0.1, -0.05) is 30.2 Å². The molecule has 1 saturated carbocycles. The van der Waals surface area contributed by atoms with Gasteiger partial charge in [0.1, 0.15) is 15.8 Å². The number of esters is 1. The molecule has 0 unspecified atom stereocenters. The Morgan fingerprint density at radius 2 is 1.96 bits per heavy atom. The summed E-state index contributed by atoms with van der Waals surface area (Å²) in [6, 6.07) is 7.35. The third-order valence-electron chi connectivity index (χ3n) is 5.19. The predicted octanol–water partition coefficient (Wildman–Crippen LogP) is 4.96. The van der Waals surface area contributed by atoms with Crippen molar-refractivity contribution in [2.75, 3.05) is 0 Å².